The van der Waals surface area contributed by atoms with Gasteiger partial charge in [-0.2, -0.15) is 0 Å². The van der Waals surface area contributed by atoms with Crippen LogP contribution in [0, 0.1) is 5.92 Å². The van der Waals surface area contributed by atoms with Gasteiger partial charge in [-0.15, -0.1) is 0 Å². The first-order chi connectivity index (χ1) is 8.75. The number of amides is 1. The molecule has 1 aromatic carbocycles. The minimum absolute atomic E-state index is 0.180. The van der Waals surface area contributed by atoms with E-state index in [-0.39, 0.29) is 11.3 Å². The fourth-order valence-corrected chi connectivity index (χ4v) is 2.71. The molecule has 3 heteroatoms. The maximum Gasteiger partial charge on any atom is 0.230 e. The standard InChI is InChI=1S/C15H22N2O/c1-3-16-11-13-10-15(13,14(18)17-4-2)12-8-6-5-7-9-12/h5-9,13,16H,3-4,10-11H2,1-2H3,(H,17,18). The van der Waals surface area contributed by atoms with Gasteiger partial charge in [0, 0.05) is 6.54 Å². The Morgan fingerprint density at radius 3 is 2.61 bits per heavy atom. The molecule has 0 aromatic heterocycles. The summed E-state index contributed by atoms with van der Waals surface area (Å²) in [4.78, 5) is 12.4. The van der Waals surface area contributed by atoms with Crippen molar-refractivity contribution in [2.45, 2.75) is 25.7 Å². The summed E-state index contributed by atoms with van der Waals surface area (Å²) in [6, 6.07) is 10.2. The molecule has 98 valence electrons. The van der Waals surface area contributed by atoms with Gasteiger partial charge in [0.1, 0.15) is 0 Å². The number of nitrogens with one attached hydrogen (secondary N) is 2. The maximum absolute atomic E-state index is 12.4. The summed E-state index contributed by atoms with van der Waals surface area (Å²) in [7, 11) is 0. The molecule has 0 saturated heterocycles. The van der Waals surface area contributed by atoms with E-state index in [1.54, 1.807) is 0 Å². The molecular formula is C15H22N2O. The van der Waals surface area contributed by atoms with Gasteiger partial charge in [-0.25, -0.2) is 0 Å². The summed E-state index contributed by atoms with van der Waals surface area (Å²) in [5.74, 6) is 0.602. The van der Waals surface area contributed by atoms with E-state index in [2.05, 4.69) is 29.7 Å². The number of hydrogen-bond donors (Lipinski definition) is 2. The van der Waals surface area contributed by atoms with Gasteiger partial charge in [-0.3, -0.25) is 4.79 Å². The second kappa shape index (κ2) is 5.53. The van der Waals surface area contributed by atoms with Gasteiger partial charge in [-0.1, -0.05) is 37.3 Å². The highest BCUT2D eigenvalue weighted by Crippen LogP contribution is 2.54. The Morgan fingerprint density at radius 2 is 2.00 bits per heavy atom. The van der Waals surface area contributed by atoms with E-state index in [9.17, 15) is 4.79 Å². The van der Waals surface area contributed by atoms with Crippen molar-refractivity contribution in [2.75, 3.05) is 19.6 Å². The first kappa shape index (κ1) is 13.1. The van der Waals surface area contributed by atoms with Crippen LogP contribution in [0.15, 0.2) is 30.3 Å². The number of carbonyl (C=O) groups excluding carboxylic acids is 1. The molecule has 2 atom stereocenters. The number of benzene rings is 1. The lowest BCUT2D eigenvalue weighted by molar-refractivity contribution is -0.123. The summed E-state index contributed by atoms with van der Waals surface area (Å²) in [6.07, 6.45) is 0.954. The van der Waals surface area contributed by atoms with Crippen molar-refractivity contribution in [1.29, 1.82) is 0 Å². The van der Waals surface area contributed by atoms with Gasteiger partial charge in [0.25, 0.3) is 0 Å². The van der Waals surface area contributed by atoms with Crippen LogP contribution >= 0.6 is 0 Å². The zero-order valence-electron chi connectivity index (χ0n) is 11.2. The van der Waals surface area contributed by atoms with Crippen LogP contribution in [0.1, 0.15) is 25.8 Å². The van der Waals surface area contributed by atoms with Crippen molar-refractivity contribution >= 4 is 5.91 Å². The van der Waals surface area contributed by atoms with Crippen molar-refractivity contribution in [3.05, 3.63) is 35.9 Å². The lowest BCUT2D eigenvalue weighted by atomic mass is 9.92. The highest BCUT2D eigenvalue weighted by molar-refractivity contribution is 5.92. The molecule has 18 heavy (non-hydrogen) atoms. The molecular weight excluding hydrogens is 224 g/mol. The second-order valence-corrected chi connectivity index (χ2v) is 4.91. The average Bonchev–Trinajstić information content (AvgIpc) is 3.13. The van der Waals surface area contributed by atoms with Gasteiger partial charge in [0.2, 0.25) is 5.91 Å². The number of rotatable bonds is 6. The summed E-state index contributed by atoms with van der Waals surface area (Å²) >= 11 is 0. The number of likely N-dealkylation sites (N-methyl/N-ethyl adjacent to an activating group) is 1. The topological polar surface area (TPSA) is 41.1 Å². The zero-order valence-corrected chi connectivity index (χ0v) is 11.2. The minimum Gasteiger partial charge on any atom is -0.356 e. The molecule has 3 nitrogen and oxygen atoms in total. The van der Waals surface area contributed by atoms with Gasteiger partial charge in [0.15, 0.2) is 0 Å². The molecule has 0 radical (unpaired) electrons. The molecule has 2 unspecified atom stereocenters. The molecule has 2 N–H and O–H groups in total. The van der Waals surface area contributed by atoms with Crippen LogP contribution in [0.25, 0.3) is 0 Å². The Kier molecular flexibility index (Phi) is 4.02. The van der Waals surface area contributed by atoms with Crippen molar-refractivity contribution < 1.29 is 4.79 Å². The average molecular weight is 246 g/mol. The third-order valence-corrected chi connectivity index (χ3v) is 3.78. The van der Waals surface area contributed by atoms with E-state index in [1.165, 1.54) is 0 Å². The molecule has 0 spiro atoms. The maximum atomic E-state index is 12.4. The van der Waals surface area contributed by atoms with Crippen LogP contribution in [0.2, 0.25) is 0 Å². The number of carbonyl (C=O) groups is 1. The molecule has 1 amide bonds. The lowest BCUT2D eigenvalue weighted by Crippen LogP contribution is -2.37. The van der Waals surface area contributed by atoms with E-state index in [0.29, 0.717) is 12.5 Å². The monoisotopic (exact) mass is 246 g/mol. The SMILES string of the molecule is CCNCC1CC1(C(=O)NCC)c1ccccc1. The van der Waals surface area contributed by atoms with Crippen LogP contribution in [0.4, 0.5) is 0 Å². The van der Waals surface area contributed by atoms with E-state index in [0.717, 1.165) is 25.1 Å². The summed E-state index contributed by atoms with van der Waals surface area (Å²) in [5, 5.41) is 6.34. The third-order valence-electron chi connectivity index (χ3n) is 3.78. The zero-order chi connectivity index (χ0) is 13.0. The fraction of sp³-hybridized carbons (Fsp3) is 0.533. The van der Waals surface area contributed by atoms with E-state index >= 15 is 0 Å². The molecule has 1 saturated carbocycles. The molecule has 0 bridgehead atoms. The smallest absolute Gasteiger partial charge is 0.230 e. The second-order valence-electron chi connectivity index (χ2n) is 4.91. The quantitative estimate of drug-likeness (QED) is 0.802. The Morgan fingerprint density at radius 1 is 1.28 bits per heavy atom. The number of hydrogen-bond acceptors (Lipinski definition) is 2. The summed E-state index contributed by atoms with van der Waals surface area (Å²) < 4.78 is 0. The molecule has 1 aliphatic carbocycles. The Bertz CT molecular complexity index is 404. The molecule has 1 aromatic rings. The largest absolute Gasteiger partial charge is 0.356 e. The molecule has 0 heterocycles. The third kappa shape index (κ3) is 2.27. The van der Waals surface area contributed by atoms with Gasteiger partial charge >= 0.3 is 0 Å². The normalized spacial score (nSPS) is 25.8. The van der Waals surface area contributed by atoms with Gasteiger partial charge in [-0.05, 0) is 37.9 Å². The minimum atomic E-state index is -0.292. The van der Waals surface area contributed by atoms with Crippen molar-refractivity contribution in [3.63, 3.8) is 0 Å². The van der Waals surface area contributed by atoms with Crippen LogP contribution < -0.4 is 10.6 Å². The van der Waals surface area contributed by atoms with Crippen molar-refractivity contribution in [1.82, 2.24) is 10.6 Å². The predicted molar refractivity (Wildman–Crippen MR) is 73.5 cm³/mol. The van der Waals surface area contributed by atoms with Crippen LogP contribution in [-0.2, 0) is 10.2 Å². The first-order valence-electron chi connectivity index (χ1n) is 6.80. The van der Waals surface area contributed by atoms with E-state index < -0.39 is 0 Å². The van der Waals surface area contributed by atoms with Crippen molar-refractivity contribution in [3.8, 4) is 0 Å². The van der Waals surface area contributed by atoms with Gasteiger partial charge < -0.3 is 10.6 Å². The highest BCUT2D eigenvalue weighted by Gasteiger charge is 2.60. The Labute approximate surface area is 109 Å². The molecule has 1 aliphatic rings. The van der Waals surface area contributed by atoms with Crippen LogP contribution in [0.3, 0.4) is 0 Å². The summed E-state index contributed by atoms with van der Waals surface area (Å²) in [5.41, 5.74) is 0.859. The van der Waals surface area contributed by atoms with Crippen LogP contribution in [0.5, 0.6) is 0 Å². The molecule has 1 fully saturated rings. The fourth-order valence-electron chi connectivity index (χ4n) is 2.71. The summed E-state index contributed by atoms with van der Waals surface area (Å²) in [6.45, 7) is 6.64. The first-order valence-corrected chi connectivity index (χ1v) is 6.80. The Balaban J connectivity index is 2.18. The van der Waals surface area contributed by atoms with E-state index in [4.69, 9.17) is 0 Å². The lowest BCUT2D eigenvalue weighted by Gasteiger charge is -2.17. The van der Waals surface area contributed by atoms with Crippen LogP contribution in [-0.4, -0.2) is 25.5 Å². The van der Waals surface area contributed by atoms with Gasteiger partial charge in [0.05, 0.1) is 5.41 Å². The molecule has 2 rings (SSSR count). The van der Waals surface area contributed by atoms with E-state index in [1.807, 2.05) is 25.1 Å². The predicted octanol–water partition coefficient (Wildman–Crippen LogP) is 1.69. The highest BCUT2D eigenvalue weighted by atomic mass is 16.2. The Hall–Kier alpha value is -1.35. The van der Waals surface area contributed by atoms with Crippen molar-refractivity contribution in [2.24, 2.45) is 5.92 Å². The molecule has 0 aliphatic heterocycles.